The van der Waals surface area contributed by atoms with E-state index < -0.39 is 0 Å². The van der Waals surface area contributed by atoms with Crippen LogP contribution in [0.5, 0.6) is 0 Å². The molecule has 5 rings (SSSR count). The Balaban J connectivity index is 1.19. The number of pyridine rings is 1. The van der Waals surface area contributed by atoms with Crippen LogP contribution in [0.2, 0.25) is 0 Å². The van der Waals surface area contributed by atoms with Gasteiger partial charge in [-0.05, 0) is 32.3 Å². The van der Waals surface area contributed by atoms with Gasteiger partial charge in [-0.25, -0.2) is 14.2 Å². The van der Waals surface area contributed by atoms with Crippen LogP contribution in [0.15, 0.2) is 29.2 Å². The molecule has 0 aromatic carbocycles. The number of anilines is 1. The Morgan fingerprint density at radius 3 is 2.81 bits per heavy atom. The second-order valence-electron chi connectivity index (χ2n) is 8.91. The van der Waals surface area contributed by atoms with Gasteiger partial charge in [0.05, 0.1) is 19.0 Å². The zero-order valence-electron chi connectivity index (χ0n) is 17.8. The molecule has 0 bridgehead atoms. The highest BCUT2D eigenvalue weighted by molar-refractivity contribution is 5.74. The third kappa shape index (κ3) is 3.86. The van der Waals surface area contributed by atoms with E-state index in [1.807, 2.05) is 11.8 Å². The molecule has 1 saturated carbocycles. The fourth-order valence-electron chi connectivity index (χ4n) is 5.42. The summed E-state index contributed by atoms with van der Waals surface area (Å²) in [7, 11) is 0. The first kappa shape index (κ1) is 20.2. The second kappa shape index (κ2) is 8.11. The fraction of sp³-hybridized carbons (Fsp3) is 0.591. The number of hydrogen-bond donors (Lipinski definition) is 0. The summed E-state index contributed by atoms with van der Waals surface area (Å²) in [4.78, 5) is 22.9. The summed E-state index contributed by atoms with van der Waals surface area (Å²) in [6, 6.07) is 2.05. The summed E-state index contributed by atoms with van der Waals surface area (Å²) in [6.45, 7) is 7.50. The smallest absolute Gasteiger partial charge is 0.409 e. The molecule has 3 aliphatic rings. The van der Waals surface area contributed by atoms with Crippen molar-refractivity contribution in [3.63, 3.8) is 0 Å². The predicted octanol–water partition coefficient (Wildman–Crippen LogP) is 3.01. The number of hydrogen-bond acceptors (Lipinski definition) is 7. The van der Waals surface area contributed by atoms with E-state index in [9.17, 15) is 9.18 Å². The molecule has 1 atom stereocenters. The first-order valence-electron chi connectivity index (χ1n) is 11.0. The van der Waals surface area contributed by atoms with Gasteiger partial charge < -0.3 is 19.1 Å². The number of carbonyl (C=O) groups excluding carboxylic acids is 1. The normalized spacial score (nSPS) is 23.2. The summed E-state index contributed by atoms with van der Waals surface area (Å²) in [5.41, 5.74) is 1.72. The van der Waals surface area contributed by atoms with E-state index in [4.69, 9.17) is 9.26 Å². The minimum atomic E-state index is -0.368. The number of carbonyl (C=O) groups is 1. The molecular formula is C22H28FN5O3. The van der Waals surface area contributed by atoms with Crippen molar-refractivity contribution >= 4 is 11.9 Å². The molecule has 166 valence electrons. The van der Waals surface area contributed by atoms with Crippen LogP contribution in [-0.4, -0.2) is 78.0 Å². The van der Waals surface area contributed by atoms with Gasteiger partial charge in [-0.3, -0.25) is 4.90 Å². The first-order chi connectivity index (χ1) is 15.1. The van der Waals surface area contributed by atoms with Crippen LogP contribution in [0.1, 0.15) is 26.2 Å². The van der Waals surface area contributed by atoms with Crippen molar-refractivity contribution in [2.45, 2.75) is 32.2 Å². The second-order valence-corrected chi connectivity index (χ2v) is 8.91. The maximum atomic E-state index is 13.8. The number of ether oxygens (including phenoxy) is 1. The minimum absolute atomic E-state index is 0.180. The van der Waals surface area contributed by atoms with E-state index in [2.05, 4.69) is 19.9 Å². The molecule has 0 radical (unpaired) electrons. The molecule has 2 aromatic rings. The molecule has 1 aliphatic carbocycles. The molecule has 2 aliphatic heterocycles. The Labute approximate surface area is 180 Å². The molecule has 1 spiro atoms. The zero-order chi connectivity index (χ0) is 21.4. The highest BCUT2D eigenvalue weighted by atomic mass is 19.1. The van der Waals surface area contributed by atoms with Crippen molar-refractivity contribution in [3.05, 3.63) is 30.5 Å². The van der Waals surface area contributed by atoms with Gasteiger partial charge in [0, 0.05) is 61.9 Å². The third-order valence-electron chi connectivity index (χ3n) is 6.96. The van der Waals surface area contributed by atoms with Crippen LogP contribution >= 0.6 is 0 Å². The maximum absolute atomic E-state index is 13.8. The van der Waals surface area contributed by atoms with Crippen molar-refractivity contribution < 1.29 is 18.4 Å². The molecule has 4 heterocycles. The maximum Gasteiger partial charge on any atom is 0.409 e. The van der Waals surface area contributed by atoms with Crippen molar-refractivity contribution in [2.24, 2.45) is 5.41 Å². The van der Waals surface area contributed by atoms with Gasteiger partial charge in [0.1, 0.15) is 17.9 Å². The number of nitrogens with zero attached hydrogens (tertiary/aromatic N) is 5. The molecule has 0 unspecified atom stereocenters. The topological polar surface area (TPSA) is 74.9 Å². The highest BCUT2D eigenvalue weighted by Crippen LogP contribution is 2.47. The Kier molecular flexibility index (Phi) is 5.29. The van der Waals surface area contributed by atoms with E-state index in [1.54, 1.807) is 6.20 Å². The number of piperazine rings is 1. The van der Waals surface area contributed by atoms with Gasteiger partial charge in [0.2, 0.25) is 0 Å². The molecule has 0 N–H and O–H groups in total. The van der Waals surface area contributed by atoms with Crippen LogP contribution in [-0.2, 0) is 4.74 Å². The van der Waals surface area contributed by atoms with Crippen molar-refractivity contribution in [1.29, 1.82) is 0 Å². The van der Waals surface area contributed by atoms with Crippen LogP contribution < -0.4 is 4.90 Å². The zero-order valence-corrected chi connectivity index (χ0v) is 17.8. The lowest BCUT2D eigenvalue weighted by atomic mass is 9.78. The quantitative estimate of drug-likeness (QED) is 0.740. The van der Waals surface area contributed by atoms with Gasteiger partial charge >= 0.3 is 6.09 Å². The standard InChI is InChI=1S/C22H28FN5O3/c1-2-30-21(29)28-14-22(15-28)4-3-18(10-22)26-5-7-27(8-6-26)20-19(9-17(23)12-24-20)16-11-25-31-13-16/h9,11-13,18H,2-8,10,14-15H2,1H3/t18-/m1/s1. The van der Waals surface area contributed by atoms with Gasteiger partial charge in [-0.1, -0.05) is 5.16 Å². The van der Waals surface area contributed by atoms with E-state index in [-0.39, 0.29) is 17.3 Å². The lowest BCUT2D eigenvalue weighted by molar-refractivity contribution is -0.00294. The number of rotatable bonds is 4. The number of likely N-dealkylation sites (tertiary alicyclic amines) is 1. The lowest BCUT2D eigenvalue weighted by Crippen LogP contribution is -2.58. The summed E-state index contributed by atoms with van der Waals surface area (Å²) < 4.78 is 23.9. The van der Waals surface area contributed by atoms with Crippen LogP contribution in [0.4, 0.5) is 15.0 Å². The van der Waals surface area contributed by atoms with E-state index in [0.717, 1.165) is 57.1 Å². The van der Waals surface area contributed by atoms with Crippen LogP contribution in [0, 0.1) is 11.2 Å². The largest absolute Gasteiger partial charge is 0.450 e. The average molecular weight is 429 g/mol. The van der Waals surface area contributed by atoms with Crippen LogP contribution in [0.25, 0.3) is 11.1 Å². The molecule has 9 heteroatoms. The summed E-state index contributed by atoms with van der Waals surface area (Å²) in [5, 5.41) is 3.75. The van der Waals surface area contributed by atoms with E-state index in [0.29, 0.717) is 18.2 Å². The monoisotopic (exact) mass is 429 g/mol. The molecule has 8 nitrogen and oxygen atoms in total. The van der Waals surface area contributed by atoms with Crippen LogP contribution in [0.3, 0.4) is 0 Å². The fourth-order valence-corrected chi connectivity index (χ4v) is 5.42. The number of halogens is 1. The van der Waals surface area contributed by atoms with Gasteiger partial charge in [-0.15, -0.1) is 0 Å². The summed E-state index contributed by atoms with van der Waals surface area (Å²) in [6.07, 6.45) is 7.69. The molecule has 31 heavy (non-hydrogen) atoms. The molecular weight excluding hydrogens is 401 g/mol. The summed E-state index contributed by atoms with van der Waals surface area (Å²) in [5.74, 6) is 0.406. The van der Waals surface area contributed by atoms with E-state index >= 15 is 0 Å². The Bertz CT molecular complexity index is 923. The number of amides is 1. The SMILES string of the molecule is CCOC(=O)N1CC2(CC[C@@H](N3CCN(c4ncc(F)cc4-c4cnoc4)CC3)C2)C1. The molecule has 1 amide bonds. The summed E-state index contributed by atoms with van der Waals surface area (Å²) >= 11 is 0. The van der Waals surface area contributed by atoms with Gasteiger partial charge in [0.25, 0.3) is 0 Å². The molecule has 2 aromatic heterocycles. The molecule has 2 saturated heterocycles. The Morgan fingerprint density at radius 2 is 2.10 bits per heavy atom. The van der Waals surface area contributed by atoms with Gasteiger partial charge in [-0.2, -0.15) is 0 Å². The number of aromatic nitrogens is 2. The third-order valence-corrected chi connectivity index (χ3v) is 6.96. The highest BCUT2D eigenvalue weighted by Gasteiger charge is 2.51. The average Bonchev–Trinajstić information content (AvgIpc) is 3.43. The molecule has 3 fully saturated rings. The minimum Gasteiger partial charge on any atom is -0.450 e. The van der Waals surface area contributed by atoms with Gasteiger partial charge in [0.15, 0.2) is 0 Å². The van der Waals surface area contributed by atoms with E-state index in [1.165, 1.54) is 31.4 Å². The predicted molar refractivity (Wildman–Crippen MR) is 112 cm³/mol. The lowest BCUT2D eigenvalue weighted by Gasteiger charge is -2.48. The van der Waals surface area contributed by atoms with Crippen molar-refractivity contribution in [2.75, 3.05) is 50.8 Å². The Morgan fingerprint density at radius 1 is 1.29 bits per heavy atom. The Hall–Kier alpha value is -2.68. The van der Waals surface area contributed by atoms with Crippen molar-refractivity contribution in [1.82, 2.24) is 19.9 Å². The first-order valence-corrected chi connectivity index (χ1v) is 11.0. The van der Waals surface area contributed by atoms with Crippen molar-refractivity contribution in [3.8, 4) is 11.1 Å².